The van der Waals surface area contributed by atoms with E-state index in [0.29, 0.717) is 17.1 Å². The van der Waals surface area contributed by atoms with Crippen LogP contribution in [0.15, 0.2) is 48.5 Å². The van der Waals surface area contributed by atoms with Gasteiger partial charge in [-0.15, -0.1) is 0 Å². The largest absolute Gasteiger partial charge is 0.497 e. The van der Waals surface area contributed by atoms with Crippen molar-refractivity contribution >= 4 is 29.2 Å². The van der Waals surface area contributed by atoms with Crippen molar-refractivity contribution in [3.05, 3.63) is 54.1 Å². The summed E-state index contributed by atoms with van der Waals surface area (Å²) in [7, 11) is 1.55. The van der Waals surface area contributed by atoms with Gasteiger partial charge in [0.1, 0.15) is 5.75 Å². The lowest BCUT2D eigenvalue weighted by Gasteiger charge is -2.17. The minimum absolute atomic E-state index is 0.121. The first-order valence-electron chi connectivity index (χ1n) is 8.06. The molecule has 1 atom stereocenters. The molecule has 0 radical (unpaired) electrons. The Bertz CT molecular complexity index is 847. The maximum atomic E-state index is 12.4. The zero-order valence-electron chi connectivity index (χ0n) is 14.1. The van der Waals surface area contributed by atoms with E-state index in [0.717, 1.165) is 0 Å². The summed E-state index contributed by atoms with van der Waals surface area (Å²) in [6, 6.07) is 13.0. The number of carboxylic acids is 1. The second-order valence-electron chi connectivity index (χ2n) is 5.98. The first-order chi connectivity index (χ1) is 12.5. The maximum absolute atomic E-state index is 12.4. The Morgan fingerprint density at radius 3 is 2.58 bits per heavy atom. The maximum Gasteiger partial charge on any atom is 0.335 e. The molecule has 2 aromatic rings. The lowest BCUT2D eigenvalue weighted by molar-refractivity contribution is -0.122. The van der Waals surface area contributed by atoms with E-state index in [2.05, 4.69) is 5.32 Å². The number of anilines is 2. The molecule has 7 nitrogen and oxygen atoms in total. The van der Waals surface area contributed by atoms with Crippen molar-refractivity contribution < 1.29 is 24.2 Å². The Kier molecular flexibility index (Phi) is 4.88. The van der Waals surface area contributed by atoms with Crippen molar-refractivity contribution in [3.63, 3.8) is 0 Å². The first-order valence-corrected chi connectivity index (χ1v) is 8.06. The molecule has 1 fully saturated rings. The number of nitrogens with zero attached hydrogens (tertiary/aromatic N) is 1. The van der Waals surface area contributed by atoms with Crippen LogP contribution in [0, 0.1) is 5.92 Å². The molecule has 2 amide bonds. The summed E-state index contributed by atoms with van der Waals surface area (Å²) in [6.07, 6.45) is 0.121. The van der Waals surface area contributed by atoms with Gasteiger partial charge in [0.15, 0.2) is 0 Å². The number of carbonyl (C=O) groups excluding carboxylic acids is 2. The van der Waals surface area contributed by atoms with Crippen LogP contribution in [0.3, 0.4) is 0 Å². The van der Waals surface area contributed by atoms with Crippen LogP contribution in [0.25, 0.3) is 0 Å². The molecule has 0 bridgehead atoms. The van der Waals surface area contributed by atoms with E-state index in [1.54, 1.807) is 36.3 Å². The summed E-state index contributed by atoms with van der Waals surface area (Å²) in [5.41, 5.74) is 1.32. The van der Waals surface area contributed by atoms with Crippen molar-refractivity contribution in [1.82, 2.24) is 0 Å². The molecule has 7 heteroatoms. The second-order valence-corrected chi connectivity index (χ2v) is 5.98. The molecule has 0 spiro atoms. The molecule has 0 aliphatic carbocycles. The van der Waals surface area contributed by atoms with Crippen molar-refractivity contribution in [3.8, 4) is 5.75 Å². The van der Waals surface area contributed by atoms with E-state index in [4.69, 9.17) is 9.84 Å². The summed E-state index contributed by atoms with van der Waals surface area (Å²) >= 11 is 0. The first kappa shape index (κ1) is 17.5. The topological polar surface area (TPSA) is 95.9 Å². The number of hydrogen-bond donors (Lipinski definition) is 2. The van der Waals surface area contributed by atoms with Crippen LogP contribution in [-0.4, -0.2) is 36.5 Å². The molecular weight excluding hydrogens is 336 g/mol. The van der Waals surface area contributed by atoms with Gasteiger partial charge in [0.25, 0.3) is 0 Å². The van der Waals surface area contributed by atoms with Gasteiger partial charge in [-0.05, 0) is 36.4 Å². The molecule has 0 saturated carbocycles. The lowest BCUT2D eigenvalue weighted by atomic mass is 10.1. The number of methoxy groups -OCH3 is 1. The van der Waals surface area contributed by atoms with Crippen LogP contribution in [0.4, 0.5) is 11.4 Å². The zero-order chi connectivity index (χ0) is 18.7. The molecule has 26 heavy (non-hydrogen) atoms. The number of carbonyl (C=O) groups is 3. The highest BCUT2D eigenvalue weighted by Gasteiger charge is 2.35. The number of hydrogen-bond acceptors (Lipinski definition) is 4. The summed E-state index contributed by atoms with van der Waals surface area (Å²) in [4.78, 5) is 37.2. The van der Waals surface area contributed by atoms with Crippen LogP contribution in [0.1, 0.15) is 16.8 Å². The van der Waals surface area contributed by atoms with Crippen molar-refractivity contribution in [2.45, 2.75) is 6.42 Å². The van der Waals surface area contributed by atoms with Gasteiger partial charge < -0.3 is 20.1 Å². The molecule has 0 aromatic heterocycles. The Hall–Kier alpha value is -3.35. The molecule has 1 saturated heterocycles. The Morgan fingerprint density at radius 1 is 1.19 bits per heavy atom. The van der Waals surface area contributed by atoms with Crippen molar-refractivity contribution in [1.29, 1.82) is 0 Å². The number of carboxylic acid groups (broad SMARTS) is 1. The fourth-order valence-electron chi connectivity index (χ4n) is 2.85. The number of benzene rings is 2. The third-order valence-electron chi connectivity index (χ3n) is 4.26. The number of rotatable bonds is 5. The minimum atomic E-state index is -1.03. The summed E-state index contributed by atoms with van der Waals surface area (Å²) in [5.74, 6) is -1.26. The lowest BCUT2D eigenvalue weighted by Crippen LogP contribution is -2.28. The van der Waals surface area contributed by atoms with Crippen LogP contribution >= 0.6 is 0 Å². The molecule has 2 N–H and O–H groups in total. The third kappa shape index (κ3) is 3.66. The standard InChI is InChI=1S/C19H18N2O5/c1-26-16-4-2-3-15(10-16)21-11-13(9-17(21)22)18(23)20-14-7-5-12(6-8-14)19(24)25/h2-8,10,13H,9,11H2,1H3,(H,20,23)(H,24,25)/t13-/m0/s1. The molecule has 134 valence electrons. The van der Waals surface area contributed by atoms with Crippen molar-refractivity contribution in [2.24, 2.45) is 5.92 Å². The molecule has 2 aromatic carbocycles. The van der Waals surface area contributed by atoms with E-state index in [1.807, 2.05) is 0 Å². The number of ether oxygens (including phenoxy) is 1. The van der Waals surface area contributed by atoms with Gasteiger partial charge in [0, 0.05) is 30.4 Å². The minimum Gasteiger partial charge on any atom is -0.497 e. The van der Waals surface area contributed by atoms with Crippen LogP contribution in [-0.2, 0) is 9.59 Å². The highest BCUT2D eigenvalue weighted by Crippen LogP contribution is 2.28. The van der Waals surface area contributed by atoms with Crippen LogP contribution < -0.4 is 15.0 Å². The molecular formula is C19H18N2O5. The fraction of sp³-hybridized carbons (Fsp3) is 0.211. The third-order valence-corrected chi connectivity index (χ3v) is 4.26. The smallest absolute Gasteiger partial charge is 0.335 e. The predicted octanol–water partition coefficient (Wildman–Crippen LogP) is 2.39. The second kappa shape index (κ2) is 7.26. The van der Waals surface area contributed by atoms with Gasteiger partial charge in [0.2, 0.25) is 11.8 Å². The van der Waals surface area contributed by atoms with E-state index < -0.39 is 11.9 Å². The zero-order valence-corrected chi connectivity index (χ0v) is 14.1. The molecule has 0 unspecified atom stereocenters. The van der Waals surface area contributed by atoms with E-state index >= 15 is 0 Å². The van der Waals surface area contributed by atoms with Gasteiger partial charge in [-0.3, -0.25) is 9.59 Å². The summed E-state index contributed by atoms with van der Waals surface area (Å²) in [6.45, 7) is 0.283. The molecule has 3 rings (SSSR count). The van der Waals surface area contributed by atoms with Gasteiger partial charge in [-0.1, -0.05) is 6.07 Å². The SMILES string of the molecule is COc1cccc(N2C[C@@H](C(=O)Nc3ccc(C(=O)O)cc3)CC2=O)c1. The van der Waals surface area contributed by atoms with Gasteiger partial charge in [-0.2, -0.15) is 0 Å². The van der Waals surface area contributed by atoms with Crippen molar-refractivity contribution in [2.75, 3.05) is 23.9 Å². The average Bonchev–Trinajstić information content (AvgIpc) is 3.04. The normalized spacial score (nSPS) is 16.4. The van der Waals surface area contributed by atoms with Gasteiger partial charge in [-0.25, -0.2) is 4.79 Å². The van der Waals surface area contributed by atoms with Crippen LogP contribution in [0.2, 0.25) is 0 Å². The van der Waals surface area contributed by atoms with E-state index in [9.17, 15) is 14.4 Å². The van der Waals surface area contributed by atoms with Gasteiger partial charge >= 0.3 is 5.97 Å². The van der Waals surface area contributed by atoms with Gasteiger partial charge in [0.05, 0.1) is 18.6 Å². The number of aromatic carboxylic acids is 1. The van der Waals surface area contributed by atoms with E-state index in [1.165, 1.54) is 24.3 Å². The van der Waals surface area contributed by atoms with E-state index in [-0.39, 0.29) is 30.3 Å². The summed E-state index contributed by atoms with van der Waals surface area (Å²) in [5, 5.41) is 11.6. The number of nitrogens with one attached hydrogen (secondary N) is 1. The Balaban J connectivity index is 1.67. The predicted molar refractivity (Wildman–Crippen MR) is 95.5 cm³/mol. The molecule has 1 aliphatic heterocycles. The summed E-state index contributed by atoms with van der Waals surface area (Å²) < 4.78 is 5.17. The molecule has 1 heterocycles. The highest BCUT2D eigenvalue weighted by atomic mass is 16.5. The van der Waals surface area contributed by atoms with Crippen LogP contribution in [0.5, 0.6) is 5.75 Å². The number of amides is 2. The Labute approximate surface area is 150 Å². The average molecular weight is 354 g/mol. The Morgan fingerprint density at radius 2 is 1.92 bits per heavy atom. The molecule has 1 aliphatic rings. The highest BCUT2D eigenvalue weighted by molar-refractivity contribution is 6.03. The monoisotopic (exact) mass is 354 g/mol. The quantitative estimate of drug-likeness (QED) is 0.859. The fourth-order valence-corrected chi connectivity index (χ4v) is 2.85.